The minimum Gasteiger partial charge on any atom is -0.0625 e. The Morgan fingerprint density at radius 1 is 1.10 bits per heavy atom. The zero-order chi connectivity index (χ0) is 7.35. The van der Waals surface area contributed by atoms with E-state index in [-0.39, 0.29) is 0 Å². The topological polar surface area (TPSA) is 0 Å². The molecule has 0 bridgehead atoms. The van der Waals surface area contributed by atoms with Gasteiger partial charge in [0, 0.05) is 0 Å². The van der Waals surface area contributed by atoms with Crippen LogP contribution in [0.5, 0.6) is 0 Å². The van der Waals surface area contributed by atoms with Gasteiger partial charge in [-0.2, -0.15) is 0 Å². The molecule has 3 atom stereocenters. The van der Waals surface area contributed by atoms with Gasteiger partial charge in [0.15, 0.2) is 0 Å². The SMILES string of the molecule is CC1CCC2(C1)C(C)C2C. The number of rotatable bonds is 0. The molecule has 2 saturated carbocycles. The summed E-state index contributed by atoms with van der Waals surface area (Å²) in [6, 6.07) is 0. The molecule has 2 aliphatic rings. The fourth-order valence-corrected chi connectivity index (χ4v) is 3.14. The Labute approximate surface area is 64.0 Å². The predicted octanol–water partition coefficient (Wildman–Crippen LogP) is 3.08. The van der Waals surface area contributed by atoms with Gasteiger partial charge in [0.2, 0.25) is 0 Å². The molecule has 2 rings (SSSR count). The maximum atomic E-state index is 2.43. The summed E-state index contributed by atoms with van der Waals surface area (Å²) in [6.45, 7) is 7.28. The van der Waals surface area contributed by atoms with Crippen molar-refractivity contribution in [2.45, 2.75) is 40.0 Å². The first-order chi connectivity index (χ1) is 4.67. The van der Waals surface area contributed by atoms with Crippen molar-refractivity contribution in [3.63, 3.8) is 0 Å². The molecule has 0 nitrogen and oxygen atoms in total. The highest BCUT2D eigenvalue weighted by Gasteiger charge is 2.60. The van der Waals surface area contributed by atoms with E-state index in [1.807, 2.05) is 0 Å². The Morgan fingerprint density at radius 2 is 1.70 bits per heavy atom. The maximum absolute atomic E-state index is 2.43. The van der Waals surface area contributed by atoms with Gasteiger partial charge in [-0.3, -0.25) is 0 Å². The van der Waals surface area contributed by atoms with E-state index in [2.05, 4.69) is 20.8 Å². The van der Waals surface area contributed by atoms with Crippen LogP contribution in [0.4, 0.5) is 0 Å². The standard InChI is InChI=1S/C10H18/c1-7-4-5-10(6-7)8(2)9(10)3/h7-9H,4-6H2,1-3H3. The Morgan fingerprint density at radius 3 is 1.90 bits per heavy atom. The van der Waals surface area contributed by atoms with Crippen molar-refractivity contribution in [1.82, 2.24) is 0 Å². The molecule has 0 aromatic heterocycles. The molecule has 58 valence electrons. The van der Waals surface area contributed by atoms with Gasteiger partial charge in [-0.1, -0.05) is 27.2 Å². The molecular formula is C10H18. The summed E-state index contributed by atoms with van der Waals surface area (Å²) in [5.74, 6) is 3.10. The van der Waals surface area contributed by atoms with Crippen LogP contribution in [0.15, 0.2) is 0 Å². The Hall–Kier alpha value is 0. The second kappa shape index (κ2) is 1.78. The van der Waals surface area contributed by atoms with Gasteiger partial charge < -0.3 is 0 Å². The highest BCUT2D eigenvalue weighted by molar-refractivity contribution is 5.09. The van der Waals surface area contributed by atoms with Crippen LogP contribution in [0.25, 0.3) is 0 Å². The molecule has 0 saturated heterocycles. The van der Waals surface area contributed by atoms with Crippen LogP contribution in [0.3, 0.4) is 0 Å². The highest BCUT2D eigenvalue weighted by Crippen LogP contribution is 2.68. The molecule has 0 heterocycles. The third kappa shape index (κ3) is 0.627. The van der Waals surface area contributed by atoms with Crippen molar-refractivity contribution in [3.05, 3.63) is 0 Å². The molecule has 0 aromatic rings. The summed E-state index contributed by atoms with van der Waals surface area (Å²) in [6.07, 6.45) is 4.54. The predicted molar refractivity (Wildman–Crippen MR) is 43.8 cm³/mol. The molecule has 3 unspecified atom stereocenters. The van der Waals surface area contributed by atoms with Crippen LogP contribution in [0.2, 0.25) is 0 Å². The van der Waals surface area contributed by atoms with Crippen molar-refractivity contribution >= 4 is 0 Å². The second-order valence-electron chi connectivity index (χ2n) is 4.66. The summed E-state index contributed by atoms with van der Waals surface area (Å²) in [7, 11) is 0. The van der Waals surface area contributed by atoms with Gasteiger partial charge in [0.05, 0.1) is 0 Å². The van der Waals surface area contributed by atoms with Crippen LogP contribution in [0.1, 0.15) is 40.0 Å². The maximum Gasteiger partial charge on any atom is -0.0238 e. The molecule has 2 aliphatic carbocycles. The quantitative estimate of drug-likeness (QED) is 0.482. The van der Waals surface area contributed by atoms with Crippen LogP contribution >= 0.6 is 0 Å². The summed E-state index contributed by atoms with van der Waals surface area (Å²) in [5.41, 5.74) is 0.833. The van der Waals surface area contributed by atoms with Crippen molar-refractivity contribution in [1.29, 1.82) is 0 Å². The highest BCUT2D eigenvalue weighted by atomic mass is 14.6. The molecule has 0 N–H and O–H groups in total. The van der Waals surface area contributed by atoms with Crippen LogP contribution in [-0.4, -0.2) is 0 Å². The van der Waals surface area contributed by atoms with Crippen molar-refractivity contribution in [3.8, 4) is 0 Å². The first-order valence-electron chi connectivity index (χ1n) is 4.67. The van der Waals surface area contributed by atoms with Crippen LogP contribution in [0, 0.1) is 23.2 Å². The van der Waals surface area contributed by atoms with Gasteiger partial charge in [-0.05, 0) is 36.0 Å². The molecule has 2 fully saturated rings. The lowest BCUT2D eigenvalue weighted by Gasteiger charge is -2.06. The van der Waals surface area contributed by atoms with E-state index in [0.29, 0.717) is 0 Å². The average Bonchev–Trinajstić information content (AvgIpc) is 2.37. The van der Waals surface area contributed by atoms with E-state index < -0.39 is 0 Å². The lowest BCUT2D eigenvalue weighted by molar-refractivity contribution is 0.440. The number of hydrogen-bond donors (Lipinski definition) is 0. The third-order valence-corrected chi connectivity index (χ3v) is 4.29. The van der Waals surface area contributed by atoms with Gasteiger partial charge in [0.25, 0.3) is 0 Å². The van der Waals surface area contributed by atoms with Crippen LogP contribution in [-0.2, 0) is 0 Å². The summed E-state index contributed by atoms with van der Waals surface area (Å²) in [4.78, 5) is 0. The Balaban J connectivity index is 2.08. The van der Waals surface area contributed by atoms with E-state index in [1.165, 1.54) is 19.3 Å². The number of hydrogen-bond acceptors (Lipinski definition) is 0. The summed E-state index contributed by atoms with van der Waals surface area (Å²) >= 11 is 0. The smallest absolute Gasteiger partial charge is 0.0238 e. The van der Waals surface area contributed by atoms with Crippen molar-refractivity contribution in [2.24, 2.45) is 23.2 Å². The van der Waals surface area contributed by atoms with E-state index in [0.717, 1.165) is 23.2 Å². The molecule has 10 heavy (non-hydrogen) atoms. The molecule has 0 heteroatoms. The van der Waals surface area contributed by atoms with Crippen molar-refractivity contribution in [2.75, 3.05) is 0 Å². The zero-order valence-corrected chi connectivity index (χ0v) is 7.35. The average molecular weight is 138 g/mol. The van der Waals surface area contributed by atoms with Gasteiger partial charge in [-0.15, -0.1) is 0 Å². The summed E-state index contributed by atoms with van der Waals surface area (Å²) in [5, 5.41) is 0. The molecule has 0 aromatic carbocycles. The fourth-order valence-electron chi connectivity index (χ4n) is 3.14. The summed E-state index contributed by atoms with van der Waals surface area (Å²) < 4.78 is 0. The lowest BCUT2D eigenvalue weighted by atomic mass is 9.99. The molecular weight excluding hydrogens is 120 g/mol. The van der Waals surface area contributed by atoms with E-state index in [4.69, 9.17) is 0 Å². The van der Waals surface area contributed by atoms with Gasteiger partial charge >= 0.3 is 0 Å². The zero-order valence-electron chi connectivity index (χ0n) is 7.35. The molecule has 0 radical (unpaired) electrons. The first kappa shape index (κ1) is 6.69. The Bertz CT molecular complexity index is 140. The van der Waals surface area contributed by atoms with E-state index in [1.54, 1.807) is 0 Å². The lowest BCUT2D eigenvalue weighted by Crippen LogP contribution is -1.97. The van der Waals surface area contributed by atoms with Gasteiger partial charge in [0.1, 0.15) is 0 Å². The van der Waals surface area contributed by atoms with E-state index in [9.17, 15) is 0 Å². The van der Waals surface area contributed by atoms with E-state index >= 15 is 0 Å². The monoisotopic (exact) mass is 138 g/mol. The fraction of sp³-hybridized carbons (Fsp3) is 1.00. The van der Waals surface area contributed by atoms with Crippen molar-refractivity contribution < 1.29 is 0 Å². The minimum atomic E-state index is 0.833. The normalized spacial score (nSPS) is 59.7. The molecule has 0 aliphatic heterocycles. The second-order valence-corrected chi connectivity index (χ2v) is 4.66. The third-order valence-electron chi connectivity index (χ3n) is 4.29. The Kier molecular flexibility index (Phi) is 1.19. The van der Waals surface area contributed by atoms with Gasteiger partial charge in [-0.25, -0.2) is 0 Å². The molecule has 0 amide bonds. The van der Waals surface area contributed by atoms with Crippen LogP contribution < -0.4 is 0 Å². The largest absolute Gasteiger partial charge is 0.0625 e. The minimum absolute atomic E-state index is 0.833. The first-order valence-corrected chi connectivity index (χ1v) is 4.67. The molecule has 1 spiro atoms.